The lowest BCUT2D eigenvalue weighted by Gasteiger charge is -1.99. The first-order chi connectivity index (χ1) is 6.81. The van der Waals surface area contributed by atoms with Gasteiger partial charge in [-0.05, 0) is 18.6 Å². The smallest absolute Gasteiger partial charge is 0.125 e. The molecule has 2 heterocycles. The molecule has 0 saturated heterocycles. The van der Waals surface area contributed by atoms with E-state index in [1.807, 2.05) is 17.6 Å². The Kier molecular flexibility index (Phi) is 2.56. The SMILES string of the molecule is Cc1ccncc1-c1nc(CN)cs1. The second kappa shape index (κ2) is 3.86. The van der Waals surface area contributed by atoms with E-state index in [0.29, 0.717) is 6.54 Å². The van der Waals surface area contributed by atoms with E-state index in [9.17, 15) is 0 Å². The van der Waals surface area contributed by atoms with Crippen LogP contribution >= 0.6 is 11.3 Å². The molecule has 0 aliphatic heterocycles. The molecular formula is C10H11N3S. The van der Waals surface area contributed by atoms with Crippen molar-refractivity contribution in [1.82, 2.24) is 9.97 Å². The van der Waals surface area contributed by atoms with Crippen LogP contribution in [-0.2, 0) is 6.54 Å². The van der Waals surface area contributed by atoms with Gasteiger partial charge in [0.1, 0.15) is 5.01 Å². The Bertz CT molecular complexity index is 436. The Morgan fingerprint density at radius 2 is 2.36 bits per heavy atom. The van der Waals surface area contributed by atoms with Crippen molar-refractivity contribution < 1.29 is 0 Å². The number of rotatable bonds is 2. The van der Waals surface area contributed by atoms with Gasteiger partial charge in [0.05, 0.1) is 5.69 Å². The zero-order valence-corrected chi connectivity index (χ0v) is 8.71. The first-order valence-corrected chi connectivity index (χ1v) is 5.24. The van der Waals surface area contributed by atoms with Gasteiger partial charge >= 0.3 is 0 Å². The topological polar surface area (TPSA) is 51.8 Å². The second-order valence-corrected chi connectivity index (χ2v) is 3.90. The van der Waals surface area contributed by atoms with Gasteiger partial charge in [-0.2, -0.15) is 0 Å². The molecule has 2 aromatic heterocycles. The summed E-state index contributed by atoms with van der Waals surface area (Å²) in [6.45, 7) is 2.55. The number of thiazole rings is 1. The number of nitrogens with two attached hydrogens (primary N) is 1. The van der Waals surface area contributed by atoms with Gasteiger partial charge in [0.2, 0.25) is 0 Å². The van der Waals surface area contributed by atoms with Crippen LogP contribution in [0.25, 0.3) is 10.6 Å². The van der Waals surface area contributed by atoms with Gasteiger partial charge in [-0.3, -0.25) is 4.98 Å². The van der Waals surface area contributed by atoms with Crippen molar-refractivity contribution in [2.45, 2.75) is 13.5 Å². The molecule has 2 N–H and O–H groups in total. The number of pyridine rings is 1. The Balaban J connectivity index is 2.44. The van der Waals surface area contributed by atoms with Gasteiger partial charge in [-0.25, -0.2) is 4.98 Å². The molecule has 0 amide bonds. The average Bonchev–Trinajstić information content (AvgIpc) is 2.67. The molecule has 4 heteroatoms. The van der Waals surface area contributed by atoms with Crippen LogP contribution in [0.1, 0.15) is 11.3 Å². The molecule has 0 aliphatic rings. The number of hydrogen-bond donors (Lipinski definition) is 1. The molecule has 3 nitrogen and oxygen atoms in total. The molecule has 0 spiro atoms. The highest BCUT2D eigenvalue weighted by Crippen LogP contribution is 2.25. The van der Waals surface area contributed by atoms with Gasteiger partial charge in [0, 0.05) is 29.9 Å². The van der Waals surface area contributed by atoms with Gasteiger partial charge in [-0.1, -0.05) is 0 Å². The lowest BCUT2D eigenvalue weighted by molar-refractivity contribution is 1.01. The van der Waals surface area contributed by atoms with Crippen LogP contribution in [0.5, 0.6) is 0 Å². The molecule has 0 fully saturated rings. The summed E-state index contributed by atoms with van der Waals surface area (Å²) in [6, 6.07) is 1.98. The minimum absolute atomic E-state index is 0.496. The van der Waals surface area contributed by atoms with Gasteiger partial charge < -0.3 is 5.73 Å². The van der Waals surface area contributed by atoms with E-state index in [1.54, 1.807) is 17.5 Å². The molecular weight excluding hydrogens is 194 g/mol. The molecule has 0 aliphatic carbocycles. The van der Waals surface area contributed by atoms with Gasteiger partial charge in [0.25, 0.3) is 0 Å². The molecule has 2 rings (SSSR count). The zero-order chi connectivity index (χ0) is 9.97. The number of hydrogen-bond acceptors (Lipinski definition) is 4. The molecule has 0 aromatic carbocycles. The molecule has 0 atom stereocenters. The second-order valence-electron chi connectivity index (χ2n) is 3.04. The molecule has 0 saturated carbocycles. The highest BCUT2D eigenvalue weighted by atomic mass is 32.1. The maximum Gasteiger partial charge on any atom is 0.125 e. The van der Waals surface area contributed by atoms with E-state index in [1.165, 1.54) is 5.56 Å². The minimum Gasteiger partial charge on any atom is -0.325 e. The van der Waals surface area contributed by atoms with E-state index in [4.69, 9.17) is 5.73 Å². The van der Waals surface area contributed by atoms with Crippen molar-refractivity contribution in [3.8, 4) is 10.6 Å². The van der Waals surface area contributed by atoms with Gasteiger partial charge in [0.15, 0.2) is 0 Å². The van der Waals surface area contributed by atoms with Crippen LogP contribution in [0.4, 0.5) is 0 Å². The maximum atomic E-state index is 5.51. The lowest BCUT2D eigenvalue weighted by Crippen LogP contribution is -1.95. The Labute approximate surface area is 86.6 Å². The molecule has 2 aromatic rings. The minimum atomic E-state index is 0.496. The Morgan fingerprint density at radius 1 is 1.50 bits per heavy atom. The third-order valence-electron chi connectivity index (χ3n) is 2.03. The summed E-state index contributed by atoms with van der Waals surface area (Å²) in [7, 11) is 0. The van der Waals surface area contributed by atoms with E-state index in [0.717, 1.165) is 16.3 Å². The van der Waals surface area contributed by atoms with Crippen LogP contribution in [0.2, 0.25) is 0 Å². The fourth-order valence-corrected chi connectivity index (χ4v) is 2.12. The van der Waals surface area contributed by atoms with Gasteiger partial charge in [-0.15, -0.1) is 11.3 Å². The molecule has 14 heavy (non-hydrogen) atoms. The molecule has 0 bridgehead atoms. The Hall–Kier alpha value is -1.26. The predicted molar refractivity (Wildman–Crippen MR) is 58.0 cm³/mol. The average molecular weight is 205 g/mol. The molecule has 72 valence electrons. The van der Waals surface area contributed by atoms with E-state index < -0.39 is 0 Å². The van der Waals surface area contributed by atoms with E-state index >= 15 is 0 Å². The Morgan fingerprint density at radius 3 is 3.00 bits per heavy atom. The summed E-state index contributed by atoms with van der Waals surface area (Å²) >= 11 is 1.61. The summed E-state index contributed by atoms with van der Waals surface area (Å²) in [4.78, 5) is 8.51. The van der Waals surface area contributed by atoms with Crippen molar-refractivity contribution in [3.63, 3.8) is 0 Å². The molecule has 0 radical (unpaired) electrons. The largest absolute Gasteiger partial charge is 0.325 e. The van der Waals surface area contributed by atoms with E-state index in [-0.39, 0.29) is 0 Å². The van der Waals surface area contributed by atoms with Crippen molar-refractivity contribution >= 4 is 11.3 Å². The van der Waals surface area contributed by atoms with Crippen molar-refractivity contribution in [1.29, 1.82) is 0 Å². The fraction of sp³-hybridized carbons (Fsp3) is 0.200. The summed E-state index contributed by atoms with van der Waals surface area (Å²) in [5, 5.41) is 2.98. The first-order valence-electron chi connectivity index (χ1n) is 4.36. The first kappa shape index (κ1) is 9.30. The standard InChI is InChI=1S/C10H11N3S/c1-7-2-3-12-5-9(7)10-13-8(4-11)6-14-10/h2-3,5-6H,4,11H2,1H3. The van der Waals surface area contributed by atoms with Crippen molar-refractivity contribution in [2.24, 2.45) is 5.73 Å². The number of aryl methyl sites for hydroxylation is 1. The third-order valence-corrected chi connectivity index (χ3v) is 2.95. The summed E-state index contributed by atoms with van der Waals surface area (Å²) in [6.07, 6.45) is 3.63. The molecule has 0 unspecified atom stereocenters. The number of nitrogens with zero attached hydrogens (tertiary/aromatic N) is 2. The summed E-state index contributed by atoms with van der Waals surface area (Å²) < 4.78 is 0. The fourth-order valence-electron chi connectivity index (χ4n) is 1.21. The lowest BCUT2D eigenvalue weighted by atomic mass is 10.2. The summed E-state index contributed by atoms with van der Waals surface area (Å²) in [5.74, 6) is 0. The maximum absolute atomic E-state index is 5.51. The predicted octanol–water partition coefficient (Wildman–Crippen LogP) is 1.97. The highest BCUT2D eigenvalue weighted by Gasteiger charge is 2.05. The van der Waals surface area contributed by atoms with Crippen LogP contribution < -0.4 is 5.73 Å². The highest BCUT2D eigenvalue weighted by molar-refractivity contribution is 7.13. The third kappa shape index (κ3) is 1.66. The van der Waals surface area contributed by atoms with Crippen LogP contribution in [0.3, 0.4) is 0 Å². The number of aromatic nitrogens is 2. The monoisotopic (exact) mass is 205 g/mol. The van der Waals surface area contributed by atoms with E-state index in [2.05, 4.69) is 16.9 Å². The van der Waals surface area contributed by atoms with Crippen LogP contribution in [-0.4, -0.2) is 9.97 Å². The van der Waals surface area contributed by atoms with Crippen molar-refractivity contribution in [3.05, 3.63) is 35.1 Å². The van der Waals surface area contributed by atoms with Crippen LogP contribution in [0, 0.1) is 6.92 Å². The normalized spacial score (nSPS) is 10.4. The summed E-state index contributed by atoms with van der Waals surface area (Å²) in [5.41, 5.74) is 8.73. The van der Waals surface area contributed by atoms with Crippen molar-refractivity contribution in [2.75, 3.05) is 0 Å². The zero-order valence-electron chi connectivity index (χ0n) is 7.90. The quantitative estimate of drug-likeness (QED) is 0.815. The van der Waals surface area contributed by atoms with Crippen LogP contribution in [0.15, 0.2) is 23.8 Å².